The number of hydrogen-bond donors (Lipinski definition) is 3. The molecule has 0 saturated heterocycles. The Bertz CT molecular complexity index is 926. The molecule has 3 unspecified atom stereocenters. The van der Waals surface area contributed by atoms with Gasteiger partial charge in [-0.25, -0.2) is 0 Å². The van der Waals surface area contributed by atoms with E-state index in [9.17, 15) is 9.90 Å². The highest BCUT2D eigenvalue weighted by molar-refractivity contribution is 5.98. The van der Waals surface area contributed by atoms with Crippen molar-refractivity contribution >= 4 is 11.6 Å². The topological polar surface area (TPSA) is 101 Å². The maximum atomic E-state index is 12.0. The first-order chi connectivity index (χ1) is 13.9. The molecule has 4 N–H and O–H groups in total. The van der Waals surface area contributed by atoms with Crippen molar-refractivity contribution in [1.29, 1.82) is 0 Å². The third-order valence-electron chi connectivity index (χ3n) is 7.12. The van der Waals surface area contributed by atoms with Gasteiger partial charge in [-0.05, 0) is 74.5 Å². The minimum atomic E-state index is -0.471. The summed E-state index contributed by atoms with van der Waals surface area (Å²) in [5.41, 5.74) is 9.28. The third kappa shape index (κ3) is 3.50. The standard InChI is InChI=1S/C23H28N4O2/c1-13-2-3-17(25-11-13)6-18-7-20(19(12-26-18)22(24)28)27-21-15-4-14-5-16(21)10-23(29,8-14)9-15/h2-3,7,11-12,14-16,21,29H,4-6,8-10H2,1H3,(H2,24,28)(H,26,27)/t14?,15-,16+,21?,23?. The first-order valence-electron chi connectivity index (χ1n) is 10.6. The number of hydrogen-bond acceptors (Lipinski definition) is 5. The second kappa shape index (κ2) is 6.80. The predicted octanol–water partition coefficient (Wildman–Crippen LogP) is 2.83. The molecule has 4 saturated carbocycles. The molecular weight excluding hydrogens is 364 g/mol. The molecule has 2 aromatic rings. The SMILES string of the molecule is Cc1ccc(Cc2cc(NC3[C@@H]4CC5C[C@H]3CC(O)(C5)C4)c(C(N)=O)cn2)nc1. The summed E-state index contributed by atoms with van der Waals surface area (Å²) in [6.07, 6.45) is 9.03. The summed E-state index contributed by atoms with van der Waals surface area (Å²) in [6, 6.07) is 6.27. The van der Waals surface area contributed by atoms with Crippen LogP contribution in [0.1, 0.15) is 59.4 Å². The van der Waals surface area contributed by atoms with E-state index in [4.69, 9.17) is 5.73 Å². The lowest BCUT2D eigenvalue weighted by Crippen LogP contribution is -2.59. The molecule has 4 aliphatic rings. The molecule has 5 atom stereocenters. The van der Waals surface area contributed by atoms with Crippen LogP contribution in [0.4, 0.5) is 5.69 Å². The Morgan fingerprint density at radius 3 is 2.52 bits per heavy atom. The maximum absolute atomic E-state index is 12.0. The van der Waals surface area contributed by atoms with E-state index in [1.165, 1.54) is 0 Å². The summed E-state index contributed by atoms with van der Waals surface area (Å²) >= 11 is 0. The summed E-state index contributed by atoms with van der Waals surface area (Å²) in [6.45, 7) is 2.01. The van der Waals surface area contributed by atoms with Crippen LogP contribution in [0.3, 0.4) is 0 Å². The fourth-order valence-corrected chi connectivity index (χ4v) is 6.10. The number of nitrogens with two attached hydrogens (primary N) is 1. The van der Waals surface area contributed by atoms with Gasteiger partial charge in [-0.1, -0.05) is 6.07 Å². The van der Waals surface area contributed by atoms with Crippen LogP contribution in [0.15, 0.2) is 30.6 Å². The Labute approximate surface area is 171 Å². The number of carbonyl (C=O) groups is 1. The predicted molar refractivity (Wildman–Crippen MR) is 110 cm³/mol. The van der Waals surface area contributed by atoms with E-state index >= 15 is 0 Å². The van der Waals surface area contributed by atoms with Gasteiger partial charge in [0.05, 0.1) is 16.9 Å². The van der Waals surface area contributed by atoms with E-state index in [-0.39, 0.29) is 6.04 Å². The zero-order valence-electron chi connectivity index (χ0n) is 16.8. The average Bonchev–Trinajstić information content (AvgIpc) is 2.65. The maximum Gasteiger partial charge on any atom is 0.252 e. The van der Waals surface area contributed by atoms with Gasteiger partial charge in [0.25, 0.3) is 5.91 Å². The number of anilines is 1. The normalized spacial score (nSPS) is 32.3. The Balaban J connectivity index is 1.41. The van der Waals surface area contributed by atoms with E-state index in [1.54, 1.807) is 6.20 Å². The molecule has 6 rings (SSSR count). The van der Waals surface area contributed by atoms with E-state index in [1.807, 2.05) is 31.3 Å². The van der Waals surface area contributed by atoms with Crippen LogP contribution in [0, 0.1) is 24.7 Å². The molecule has 6 heteroatoms. The van der Waals surface area contributed by atoms with Crippen LogP contribution < -0.4 is 11.1 Å². The molecule has 2 aromatic heterocycles. The average molecular weight is 393 g/mol. The second-order valence-corrected chi connectivity index (χ2v) is 9.45. The summed E-state index contributed by atoms with van der Waals surface area (Å²) in [4.78, 5) is 20.9. The summed E-state index contributed by atoms with van der Waals surface area (Å²) < 4.78 is 0. The van der Waals surface area contributed by atoms with Crippen LogP contribution in [-0.2, 0) is 6.42 Å². The van der Waals surface area contributed by atoms with Gasteiger partial charge in [-0.15, -0.1) is 0 Å². The fraction of sp³-hybridized carbons (Fsp3) is 0.522. The van der Waals surface area contributed by atoms with Gasteiger partial charge < -0.3 is 16.2 Å². The van der Waals surface area contributed by atoms with Gasteiger partial charge in [-0.3, -0.25) is 14.8 Å². The number of carbonyl (C=O) groups excluding carboxylic acids is 1. The monoisotopic (exact) mass is 392 g/mol. The minimum absolute atomic E-state index is 0.276. The smallest absolute Gasteiger partial charge is 0.252 e. The Hall–Kier alpha value is -2.47. The number of aliphatic hydroxyl groups is 1. The van der Waals surface area contributed by atoms with E-state index < -0.39 is 11.5 Å². The van der Waals surface area contributed by atoms with Crippen LogP contribution in [0.2, 0.25) is 0 Å². The zero-order valence-corrected chi connectivity index (χ0v) is 16.8. The molecule has 152 valence electrons. The number of aryl methyl sites for hydroxylation is 1. The highest BCUT2D eigenvalue weighted by Crippen LogP contribution is 2.56. The largest absolute Gasteiger partial charge is 0.390 e. The van der Waals surface area contributed by atoms with E-state index in [0.29, 0.717) is 29.7 Å². The molecule has 0 aromatic carbocycles. The van der Waals surface area contributed by atoms with Crippen LogP contribution in [0.25, 0.3) is 0 Å². The summed E-state index contributed by atoms with van der Waals surface area (Å²) in [7, 11) is 0. The number of pyridine rings is 2. The van der Waals surface area contributed by atoms with Gasteiger partial charge in [-0.2, -0.15) is 0 Å². The molecule has 0 aliphatic heterocycles. The quantitative estimate of drug-likeness (QED) is 0.726. The molecule has 0 radical (unpaired) electrons. The number of rotatable bonds is 5. The third-order valence-corrected chi connectivity index (χ3v) is 7.12. The van der Waals surface area contributed by atoms with Gasteiger partial charge in [0.2, 0.25) is 0 Å². The van der Waals surface area contributed by atoms with Crippen molar-refractivity contribution in [2.24, 2.45) is 23.5 Å². The van der Waals surface area contributed by atoms with Gasteiger partial charge in [0.15, 0.2) is 0 Å². The van der Waals surface area contributed by atoms with Crippen molar-refractivity contribution in [3.05, 3.63) is 53.1 Å². The van der Waals surface area contributed by atoms with Crippen molar-refractivity contribution in [1.82, 2.24) is 9.97 Å². The van der Waals surface area contributed by atoms with Gasteiger partial charge in [0, 0.05) is 36.2 Å². The van der Waals surface area contributed by atoms with Crippen LogP contribution >= 0.6 is 0 Å². The first-order valence-corrected chi connectivity index (χ1v) is 10.6. The molecule has 1 amide bonds. The number of aromatic nitrogens is 2. The van der Waals surface area contributed by atoms with Crippen molar-refractivity contribution in [2.75, 3.05) is 5.32 Å². The van der Waals surface area contributed by atoms with Crippen molar-refractivity contribution in [3.63, 3.8) is 0 Å². The number of primary amides is 1. The molecule has 4 aliphatic carbocycles. The molecule has 6 nitrogen and oxygen atoms in total. The van der Waals surface area contributed by atoms with Crippen molar-refractivity contribution < 1.29 is 9.90 Å². The lowest BCUT2D eigenvalue weighted by molar-refractivity contribution is -0.129. The minimum Gasteiger partial charge on any atom is -0.390 e. The van der Waals surface area contributed by atoms with Crippen molar-refractivity contribution in [2.45, 2.75) is 57.1 Å². The van der Waals surface area contributed by atoms with Gasteiger partial charge in [0.1, 0.15) is 0 Å². The molecule has 0 spiro atoms. The summed E-state index contributed by atoms with van der Waals surface area (Å²) in [5.74, 6) is 1.07. The zero-order chi connectivity index (χ0) is 20.2. The van der Waals surface area contributed by atoms with Crippen LogP contribution in [0.5, 0.6) is 0 Å². The Kier molecular flexibility index (Phi) is 4.35. The molecule has 2 heterocycles. The van der Waals surface area contributed by atoms with Crippen molar-refractivity contribution in [3.8, 4) is 0 Å². The molecule has 29 heavy (non-hydrogen) atoms. The van der Waals surface area contributed by atoms with E-state index in [2.05, 4.69) is 15.3 Å². The Morgan fingerprint density at radius 2 is 1.90 bits per heavy atom. The molecular formula is C23H28N4O2. The lowest BCUT2D eigenvalue weighted by Gasteiger charge is -2.58. The first kappa shape index (κ1) is 18.6. The lowest BCUT2D eigenvalue weighted by atomic mass is 9.52. The van der Waals surface area contributed by atoms with E-state index in [0.717, 1.165) is 54.7 Å². The second-order valence-electron chi connectivity index (χ2n) is 9.45. The van der Waals surface area contributed by atoms with Crippen LogP contribution in [-0.4, -0.2) is 32.6 Å². The highest BCUT2D eigenvalue weighted by atomic mass is 16.3. The molecule has 4 fully saturated rings. The Morgan fingerprint density at radius 1 is 1.17 bits per heavy atom. The molecule has 4 bridgehead atoms. The summed E-state index contributed by atoms with van der Waals surface area (Å²) in [5, 5.41) is 14.5. The number of amides is 1. The number of nitrogens with zero attached hydrogens (tertiary/aromatic N) is 2. The highest BCUT2D eigenvalue weighted by Gasteiger charge is 2.54. The number of nitrogens with one attached hydrogen (secondary N) is 1. The van der Waals surface area contributed by atoms with Gasteiger partial charge >= 0.3 is 0 Å². The fourth-order valence-electron chi connectivity index (χ4n) is 6.10.